The van der Waals surface area contributed by atoms with Crippen LogP contribution in [0.25, 0.3) is 6.08 Å². The van der Waals surface area contributed by atoms with Crippen LogP contribution in [0, 0.1) is 13.8 Å². The van der Waals surface area contributed by atoms with Crippen molar-refractivity contribution in [2.75, 3.05) is 18.6 Å². The highest BCUT2D eigenvalue weighted by Gasteiger charge is 2.37. The number of hydrogen-bond acceptors (Lipinski definition) is 5. The van der Waals surface area contributed by atoms with E-state index in [1.54, 1.807) is 36.4 Å². The Morgan fingerprint density at radius 1 is 1.07 bits per heavy atom. The molecule has 2 aromatic rings. The third-order valence-electron chi connectivity index (χ3n) is 4.73. The van der Waals surface area contributed by atoms with E-state index in [-0.39, 0.29) is 12.2 Å². The van der Waals surface area contributed by atoms with E-state index in [4.69, 9.17) is 9.47 Å². The minimum atomic E-state index is -0.789. The first kappa shape index (κ1) is 20.9. The van der Waals surface area contributed by atoms with Crippen molar-refractivity contribution in [2.45, 2.75) is 13.8 Å². The van der Waals surface area contributed by atoms with Crippen molar-refractivity contribution in [3.05, 3.63) is 71.3 Å². The van der Waals surface area contributed by atoms with Crippen molar-refractivity contribution in [3.63, 3.8) is 0 Å². The highest BCUT2D eigenvalue weighted by molar-refractivity contribution is 6.39. The van der Waals surface area contributed by atoms with Crippen molar-refractivity contribution in [2.24, 2.45) is 0 Å². The highest BCUT2D eigenvalue weighted by Crippen LogP contribution is 2.29. The van der Waals surface area contributed by atoms with Gasteiger partial charge in [-0.2, -0.15) is 0 Å². The summed E-state index contributed by atoms with van der Waals surface area (Å²) in [5, 5.41) is 2.23. The Morgan fingerprint density at radius 3 is 2.50 bits per heavy atom. The van der Waals surface area contributed by atoms with Crippen LogP contribution in [0.3, 0.4) is 0 Å². The Labute approximate surface area is 174 Å². The first-order valence-corrected chi connectivity index (χ1v) is 9.26. The SMILES string of the molecule is C=CCOc1cc(OC)ccc1/C=C1\C(=O)NC(=O)N(c2ccc(C)c(C)c2)C1=O. The van der Waals surface area contributed by atoms with Crippen molar-refractivity contribution in [3.8, 4) is 11.5 Å². The third kappa shape index (κ3) is 4.10. The first-order chi connectivity index (χ1) is 14.3. The molecule has 0 aromatic heterocycles. The molecule has 7 nitrogen and oxygen atoms in total. The number of anilines is 1. The molecule has 1 N–H and O–H groups in total. The molecular weight excluding hydrogens is 384 g/mol. The molecule has 0 spiro atoms. The second-order valence-corrected chi connectivity index (χ2v) is 6.73. The Hall–Kier alpha value is -3.87. The van der Waals surface area contributed by atoms with Crippen LogP contribution in [0.1, 0.15) is 16.7 Å². The molecule has 4 amide bonds. The minimum absolute atomic E-state index is 0.179. The molecule has 0 unspecified atom stereocenters. The number of urea groups is 1. The number of carbonyl (C=O) groups is 3. The molecule has 1 aliphatic heterocycles. The fourth-order valence-corrected chi connectivity index (χ4v) is 2.95. The van der Waals surface area contributed by atoms with E-state index in [0.29, 0.717) is 22.7 Å². The fourth-order valence-electron chi connectivity index (χ4n) is 2.95. The number of hydrogen-bond donors (Lipinski definition) is 1. The Bertz CT molecular complexity index is 1070. The molecule has 0 aliphatic carbocycles. The van der Waals surface area contributed by atoms with Crippen molar-refractivity contribution < 1.29 is 23.9 Å². The number of benzene rings is 2. The van der Waals surface area contributed by atoms with Crippen molar-refractivity contribution in [1.82, 2.24) is 5.32 Å². The maximum absolute atomic E-state index is 13.1. The summed E-state index contributed by atoms with van der Waals surface area (Å²) in [5.41, 5.74) is 2.65. The standard InChI is InChI=1S/C23H22N2O5/c1-5-10-30-20-13-18(29-4)9-7-16(20)12-19-21(26)24-23(28)25(22(19)27)17-8-6-14(2)15(3)11-17/h5-9,11-13H,1,10H2,2-4H3,(H,24,26,28)/b19-12+. The topological polar surface area (TPSA) is 84.9 Å². The Kier molecular flexibility index (Phi) is 6.01. The van der Waals surface area contributed by atoms with Gasteiger partial charge in [0.25, 0.3) is 11.8 Å². The first-order valence-electron chi connectivity index (χ1n) is 9.26. The highest BCUT2D eigenvalue weighted by atomic mass is 16.5. The smallest absolute Gasteiger partial charge is 0.335 e. The number of imide groups is 2. The van der Waals surface area contributed by atoms with E-state index in [9.17, 15) is 14.4 Å². The molecule has 7 heteroatoms. The number of barbiturate groups is 1. The van der Waals surface area contributed by atoms with Crippen LogP contribution >= 0.6 is 0 Å². The summed E-state index contributed by atoms with van der Waals surface area (Å²) in [5.74, 6) is -0.507. The van der Waals surface area contributed by atoms with Gasteiger partial charge in [-0.1, -0.05) is 18.7 Å². The lowest BCUT2D eigenvalue weighted by Gasteiger charge is -2.27. The lowest BCUT2D eigenvalue weighted by Crippen LogP contribution is -2.54. The molecule has 30 heavy (non-hydrogen) atoms. The van der Waals surface area contributed by atoms with Gasteiger partial charge in [-0.15, -0.1) is 0 Å². The lowest BCUT2D eigenvalue weighted by molar-refractivity contribution is -0.122. The van der Waals surface area contributed by atoms with Crippen molar-refractivity contribution >= 4 is 29.6 Å². The van der Waals surface area contributed by atoms with E-state index in [0.717, 1.165) is 16.0 Å². The van der Waals surface area contributed by atoms with Gasteiger partial charge >= 0.3 is 6.03 Å². The number of rotatable bonds is 6. The quantitative estimate of drug-likeness (QED) is 0.451. The van der Waals surface area contributed by atoms with Crippen LogP contribution in [-0.4, -0.2) is 31.6 Å². The summed E-state index contributed by atoms with van der Waals surface area (Å²) in [6.45, 7) is 7.67. The molecule has 2 aromatic carbocycles. The van der Waals surface area contributed by atoms with Gasteiger partial charge in [0.1, 0.15) is 23.7 Å². The molecule has 1 fully saturated rings. The minimum Gasteiger partial charge on any atom is -0.497 e. The van der Waals surface area contributed by atoms with Crippen LogP contribution in [0.2, 0.25) is 0 Å². The number of amides is 4. The largest absolute Gasteiger partial charge is 0.497 e. The average molecular weight is 406 g/mol. The van der Waals surface area contributed by atoms with Gasteiger partial charge in [-0.05, 0) is 55.3 Å². The number of methoxy groups -OCH3 is 1. The maximum atomic E-state index is 13.1. The molecular formula is C23H22N2O5. The number of carbonyl (C=O) groups excluding carboxylic acids is 3. The third-order valence-corrected chi connectivity index (χ3v) is 4.73. The molecule has 0 radical (unpaired) electrons. The number of nitrogens with zero attached hydrogens (tertiary/aromatic N) is 1. The summed E-state index contributed by atoms with van der Waals surface area (Å²) < 4.78 is 10.8. The van der Waals surface area contributed by atoms with Gasteiger partial charge in [-0.25, -0.2) is 9.69 Å². The molecule has 0 atom stereocenters. The van der Waals surface area contributed by atoms with Gasteiger partial charge in [-0.3, -0.25) is 14.9 Å². The predicted molar refractivity (Wildman–Crippen MR) is 114 cm³/mol. The van der Waals surface area contributed by atoms with Gasteiger partial charge in [0.05, 0.1) is 12.8 Å². The van der Waals surface area contributed by atoms with Crippen LogP contribution < -0.4 is 19.7 Å². The lowest BCUT2D eigenvalue weighted by atomic mass is 10.0. The van der Waals surface area contributed by atoms with Crippen LogP contribution in [0.15, 0.2) is 54.6 Å². The Balaban J connectivity index is 2.04. The zero-order valence-electron chi connectivity index (χ0n) is 17.0. The normalized spacial score (nSPS) is 15.2. The summed E-state index contributed by atoms with van der Waals surface area (Å²) in [4.78, 5) is 38.9. The van der Waals surface area contributed by atoms with E-state index in [1.165, 1.54) is 13.2 Å². The molecule has 3 rings (SSSR count). The molecule has 1 saturated heterocycles. The van der Waals surface area contributed by atoms with E-state index < -0.39 is 17.8 Å². The zero-order valence-corrected chi connectivity index (χ0v) is 17.0. The average Bonchev–Trinajstić information content (AvgIpc) is 2.72. The van der Waals surface area contributed by atoms with Crippen molar-refractivity contribution in [1.29, 1.82) is 0 Å². The molecule has 0 bridgehead atoms. The zero-order chi connectivity index (χ0) is 21.8. The van der Waals surface area contributed by atoms with Crippen LogP contribution in [-0.2, 0) is 9.59 Å². The second-order valence-electron chi connectivity index (χ2n) is 6.73. The predicted octanol–water partition coefficient (Wildman–Crippen LogP) is 3.54. The van der Waals surface area contributed by atoms with Crippen LogP contribution in [0.4, 0.5) is 10.5 Å². The second kappa shape index (κ2) is 8.65. The van der Waals surface area contributed by atoms with Gasteiger partial charge in [0.2, 0.25) is 0 Å². The molecule has 1 heterocycles. The number of ether oxygens (including phenoxy) is 2. The molecule has 1 aliphatic rings. The van der Waals surface area contributed by atoms with E-state index in [2.05, 4.69) is 11.9 Å². The number of aryl methyl sites for hydroxylation is 2. The summed E-state index contributed by atoms with van der Waals surface area (Å²) in [6.07, 6.45) is 2.98. The van der Waals surface area contributed by atoms with E-state index in [1.807, 2.05) is 19.9 Å². The summed E-state index contributed by atoms with van der Waals surface area (Å²) in [7, 11) is 1.52. The van der Waals surface area contributed by atoms with Gasteiger partial charge in [0, 0.05) is 11.6 Å². The monoisotopic (exact) mass is 406 g/mol. The van der Waals surface area contributed by atoms with Crippen LogP contribution in [0.5, 0.6) is 11.5 Å². The maximum Gasteiger partial charge on any atom is 0.335 e. The molecule has 0 saturated carbocycles. The fraction of sp³-hybridized carbons (Fsp3) is 0.174. The summed E-state index contributed by atoms with van der Waals surface area (Å²) >= 11 is 0. The van der Waals surface area contributed by atoms with Gasteiger partial charge < -0.3 is 9.47 Å². The Morgan fingerprint density at radius 2 is 1.83 bits per heavy atom. The number of nitrogens with one attached hydrogen (secondary N) is 1. The van der Waals surface area contributed by atoms with Gasteiger partial charge in [0.15, 0.2) is 0 Å². The molecule has 154 valence electrons. The van der Waals surface area contributed by atoms with E-state index >= 15 is 0 Å². The summed E-state index contributed by atoms with van der Waals surface area (Å²) in [6, 6.07) is 9.42.